The molecule has 15 heteroatoms. The molecule has 15 nitrogen and oxygen atoms in total. The highest BCUT2D eigenvalue weighted by molar-refractivity contribution is 6.04. The molecule has 0 aliphatic carbocycles. The summed E-state index contributed by atoms with van der Waals surface area (Å²) in [6.07, 6.45) is 3.32. The lowest BCUT2D eigenvalue weighted by Crippen LogP contribution is -2.53. The maximum atomic E-state index is 14.0. The SMILES string of the molecule is COC(=O)NC(C(=O)N1CCCC1c1nc2c(ccc3cc(C#Cc4ccc5nc(C6CCCN6C(=O)C(NC(=O)OC)C6CCOCC6)[nH]c5c4)ccc32)[nH]1)C(C)C. The highest BCUT2D eigenvalue weighted by Crippen LogP contribution is 2.36. The maximum absolute atomic E-state index is 14.0. The van der Waals surface area contributed by atoms with Gasteiger partial charge in [0, 0.05) is 42.8 Å². The van der Waals surface area contributed by atoms with Gasteiger partial charge in [-0.25, -0.2) is 19.6 Å². The van der Waals surface area contributed by atoms with Crippen molar-refractivity contribution >= 4 is 56.8 Å². The van der Waals surface area contributed by atoms with Gasteiger partial charge in [0.2, 0.25) is 11.8 Å². The van der Waals surface area contributed by atoms with Crippen LogP contribution in [0.5, 0.6) is 0 Å². The second kappa shape index (κ2) is 17.0. The van der Waals surface area contributed by atoms with Crippen LogP contribution in [-0.2, 0) is 23.8 Å². The number of carbonyl (C=O) groups is 4. The van der Waals surface area contributed by atoms with E-state index in [2.05, 4.69) is 38.5 Å². The van der Waals surface area contributed by atoms with Gasteiger partial charge in [0.15, 0.2) is 0 Å². The molecule has 3 aliphatic rings. The first kappa shape index (κ1) is 39.7. The molecule has 3 saturated heterocycles. The zero-order valence-corrected chi connectivity index (χ0v) is 33.8. The number of imidazole rings is 2. The molecule has 3 fully saturated rings. The summed E-state index contributed by atoms with van der Waals surface area (Å²) in [4.78, 5) is 72.5. The van der Waals surface area contributed by atoms with E-state index in [9.17, 15) is 19.2 Å². The zero-order valence-electron chi connectivity index (χ0n) is 33.8. The lowest BCUT2D eigenvalue weighted by atomic mass is 9.90. The van der Waals surface area contributed by atoms with Gasteiger partial charge >= 0.3 is 12.2 Å². The van der Waals surface area contributed by atoms with E-state index in [0.717, 1.165) is 75.5 Å². The summed E-state index contributed by atoms with van der Waals surface area (Å²) in [5, 5.41) is 7.49. The van der Waals surface area contributed by atoms with Crippen molar-refractivity contribution in [1.29, 1.82) is 0 Å². The van der Waals surface area contributed by atoms with Crippen LogP contribution >= 0.6 is 0 Å². The molecule has 5 heterocycles. The Morgan fingerprint density at radius 3 is 2.08 bits per heavy atom. The molecule has 0 saturated carbocycles. The molecule has 4 atom stereocenters. The van der Waals surface area contributed by atoms with Crippen molar-refractivity contribution in [2.24, 2.45) is 11.8 Å². The van der Waals surface area contributed by atoms with Gasteiger partial charge in [-0.1, -0.05) is 37.8 Å². The van der Waals surface area contributed by atoms with Gasteiger partial charge in [-0.2, -0.15) is 0 Å². The lowest BCUT2D eigenvalue weighted by Gasteiger charge is -2.34. The van der Waals surface area contributed by atoms with Gasteiger partial charge in [-0.15, -0.1) is 0 Å². The largest absolute Gasteiger partial charge is 0.453 e. The van der Waals surface area contributed by atoms with Crippen molar-refractivity contribution in [3.63, 3.8) is 0 Å². The number of alkyl carbamates (subject to hydrolysis) is 2. The Hall–Kier alpha value is -6.14. The summed E-state index contributed by atoms with van der Waals surface area (Å²) in [6, 6.07) is 14.1. The monoisotopic (exact) mass is 802 g/mol. The van der Waals surface area contributed by atoms with Gasteiger partial charge < -0.3 is 44.6 Å². The Kier molecular flexibility index (Phi) is 11.4. The number of hydrogen-bond acceptors (Lipinski definition) is 9. The van der Waals surface area contributed by atoms with Crippen LogP contribution in [0.1, 0.15) is 87.2 Å². The summed E-state index contributed by atoms with van der Waals surface area (Å²) in [5.41, 5.74) is 4.99. The van der Waals surface area contributed by atoms with Gasteiger partial charge in [0.25, 0.3) is 0 Å². The predicted molar refractivity (Wildman–Crippen MR) is 220 cm³/mol. The predicted octanol–water partition coefficient (Wildman–Crippen LogP) is 5.85. The minimum atomic E-state index is -0.702. The summed E-state index contributed by atoms with van der Waals surface area (Å²) >= 11 is 0. The molecular formula is C44H50N8O7. The number of likely N-dealkylation sites (tertiary alicyclic amines) is 2. The Balaban J connectivity index is 0.989. The zero-order chi connectivity index (χ0) is 41.2. The molecule has 0 radical (unpaired) electrons. The standard InChI is InChI=1S/C44H50N8O7/c1-25(2)36(49-43(55)57-3)41(53)51-19-6-8-35(51)40-46-32-16-13-29-23-26(11-14-30(29)38(32)48-40)9-10-27-12-15-31-33(24-27)47-39(45-31)34-7-5-20-52(34)42(54)37(50-44(56)58-4)28-17-21-59-22-18-28/h11-16,23-25,28,34-37H,5-8,17-22H2,1-4H3,(H,45,47)(H,46,48)(H,49,55)(H,50,56). The van der Waals surface area contributed by atoms with Crippen LogP contribution in [0.15, 0.2) is 48.5 Å². The number of nitrogens with zero attached hydrogens (tertiary/aromatic N) is 4. The van der Waals surface area contributed by atoms with Crippen molar-refractivity contribution in [3.05, 3.63) is 71.3 Å². The minimum absolute atomic E-state index is 0.0374. The van der Waals surface area contributed by atoms with Crippen LogP contribution in [0.3, 0.4) is 0 Å². The first-order valence-electron chi connectivity index (χ1n) is 20.4. The number of H-pyrrole nitrogens is 2. The lowest BCUT2D eigenvalue weighted by molar-refractivity contribution is -0.137. The van der Waals surface area contributed by atoms with E-state index in [4.69, 9.17) is 24.2 Å². The average molecular weight is 803 g/mol. The second-order valence-corrected chi connectivity index (χ2v) is 15.9. The molecule has 2 aromatic heterocycles. The maximum Gasteiger partial charge on any atom is 0.407 e. The van der Waals surface area contributed by atoms with E-state index in [1.807, 2.05) is 66.1 Å². The highest BCUT2D eigenvalue weighted by atomic mass is 16.5. The molecule has 4 amide bonds. The molecule has 4 N–H and O–H groups in total. The summed E-state index contributed by atoms with van der Waals surface area (Å²) in [7, 11) is 2.59. The third kappa shape index (κ3) is 8.14. The first-order chi connectivity index (χ1) is 28.6. The first-order valence-corrected chi connectivity index (χ1v) is 20.4. The van der Waals surface area contributed by atoms with Crippen LogP contribution in [0.25, 0.3) is 32.8 Å². The van der Waals surface area contributed by atoms with Gasteiger partial charge in [0.05, 0.1) is 48.4 Å². The normalized spacial score (nSPS) is 19.5. The topological polar surface area (TPSA) is 184 Å². The number of carbonyl (C=O) groups excluding carboxylic acids is 4. The Morgan fingerprint density at radius 1 is 0.763 bits per heavy atom. The van der Waals surface area contributed by atoms with Crippen molar-refractivity contribution in [2.45, 2.75) is 76.5 Å². The Morgan fingerprint density at radius 2 is 1.39 bits per heavy atom. The minimum Gasteiger partial charge on any atom is -0.453 e. The molecule has 3 aliphatic heterocycles. The van der Waals surface area contributed by atoms with Crippen LogP contribution in [0.4, 0.5) is 9.59 Å². The fourth-order valence-electron chi connectivity index (χ4n) is 8.77. The van der Waals surface area contributed by atoms with Gasteiger partial charge in [-0.3, -0.25) is 9.59 Å². The fraction of sp³-hybridized carbons (Fsp3) is 0.455. The van der Waals surface area contributed by atoms with E-state index < -0.39 is 24.3 Å². The number of fused-ring (bicyclic) bond motifs is 4. The summed E-state index contributed by atoms with van der Waals surface area (Å²) in [5.74, 6) is 7.63. The van der Waals surface area contributed by atoms with Crippen LogP contribution in [-0.4, -0.2) is 106 Å². The van der Waals surface area contributed by atoms with E-state index in [1.54, 1.807) is 0 Å². The molecule has 4 unspecified atom stereocenters. The number of aromatic amines is 2. The number of benzene rings is 3. The van der Waals surface area contributed by atoms with Crippen LogP contribution in [0, 0.1) is 23.7 Å². The number of amides is 4. The van der Waals surface area contributed by atoms with E-state index >= 15 is 0 Å². The highest BCUT2D eigenvalue weighted by Gasteiger charge is 2.41. The number of methoxy groups -OCH3 is 2. The Bertz CT molecular complexity index is 2460. The number of nitrogens with one attached hydrogen (secondary N) is 4. The average Bonchev–Trinajstić information content (AvgIpc) is 4.09. The summed E-state index contributed by atoms with van der Waals surface area (Å²) in [6.45, 7) is 6.07. The molecule has 8 rings (SSSR count). The number of rotatable bonds is 8. The van der Waals surface area contributed by atoms with E-state index in [-0.39, 0.29) is 35.7 Å². The van der Waals surface area contributed by atoms with Gasteiger partial charge in [0.1, 0.15) is 23.7 Å². The molecule has 308 valence electrons. The number of aromatic nitrogens is 4. The third-order valence-electron chi connectivity index (χ3n) is 11.9. The van der Waals surface area contributed by atoms with Crippen molar-refractivity contribution in [3.8, 4) is 11.8 Å². The van der Waals surface area contributed by atoms with E-state index in [0.29, 0.717) is 45.0 Å². The summed E-state index contributed by atoms with van der Waals surface area (Å²) < 4.78 is 15.2. The van der Waals surface area contributed by atoms with Crippen molar-refractivity contribution < 1.29 is 33.4 Å². The molecule has 5 aromatic rings. The molecule has 0 bridgehead atoms. The number of hydrogen-bond donors (Lipinski definition) is 4. The Labute approximate surface area is 341 Å². The number of ether oxygens (including phenoxy) is 3. The van der Waals surface area contributed by atoms with Crippen LogP contribution < -0.4 is 10.6 Å². The quantitative estimate of drug-likeness (QED) is 0.140. The molecule has 59 heavy (non-hydrogen) atoms. The molecular weight excluding hydrogens is 753 g/mol. The van der Waals surface area contributed by atoms with Gasteiger partial charge in [-0.05, 0) is 92.1 Å². The smallest absolute Gasteiger partial charge is 0.407 e. The second-order valence-electron chi connectivity index (χ2n) is 15.9. The van der Waals surface area contributed by atoms with Crippen LogP contribution in [0.2, 0.25) is 0 Å². The van der Waals surface area contributed by atoms with Crippen molar-refractivity contribution in [1.82, 2.24) is 40.4 Å². The molecule has 3 aromatic carbocycles. The molecule has 0 spiro atoms. The van der Waals surface area contributed by atoms with E-state index in [1.165, 1.54) is 14.2 Å². The third-order valence-corrected chi connectivity index (χ3v) is 11.9. The van der Waals surface area contributed by atoms with Crippen molar-refractivity contribution in [2.75, 3.05) is 40.5 Å². The fourth-order valence-corrected chi connectivity index (χ4v) is 8.77.